The summed E-state index contributed by atoms with van der Waals surface area (Å²) in [6, 6.07) is 24.3. The fourth-order valence-electron chi connectivity index (χ4n) is 3.47. The van der Waals surface area contributed by atoms with Crippen molar-refractivity contribution in [1.29, 1.82) is 0 Å². The molecule has 0 bridgehead atoms. The van der Waals surface area contributed by atoms with Crippen molar-refractivity contribution in [1.82, 2.24) is 4.90 Å². The summed E-state index contributed by atoms with van der Waals surface area (Å²) in [5.41, 5.74) is 3.38. The highest BCUT2D eigenvalue weighted by atomic mass is 16.5. The van der Waals surface area contributed by atoms with E-state index in [2.05, 4.69) is 10.6 Å². The Morgan fingerprint density at radius 3 is 2.38 bits per heavy atom. The molecule has 0 aliphatic carbocycles. The molecular weight excluding hydrogens is 402 g/mol. The Kier molecular flexibility index (Phi) is 8.00. The minimum Gasteiger partial charge on any atom is -0.497 e. The van der Waals surface area contributed by atoms with Crippen LogP contribution in [0.1, 0.15) is 13.8 Å². The molecule has 0 aliphatic rings. The fourth-order valence-corrected chi connectivity index (χ4v) is 3.47. The number of methoxy groups -OCH3 is 1. The van der Waals surface area contributed by atoms with E-state index in [1.807, 2.05) is 85.5 Å². The third kappa shape index (κ3) is 5.95. The molecule has 3 rings (SSSR count). The Labute approximate surface area is 189 Å². The van der Waals surface area contributed by atoms with Gasteiger partial charge in [0.25, 0.3) is 0 Å². The van der Waals surface area contributed by atoms with Gasteiger partial charge in [0.2, 0.25) is 11.8 Å². The van der Waals surface area contributed by atoms with Crippen LogP contribution in [0.5, 0.6) is 5.75 Å². The van der Waals surface area contributed by atoms with E-state index in [4.69, 9.17) is 4.74 Å². The second-order valence-electron chi connectivity index (χ2n) is 7.42. The Balaban J connectivity index is 1.66. The highest BCUT2D eigenvalue weighted by Crippen LogP contribution is 2.27. The van der Waals surface area contributed by atoms with Crippen LogP contribution in [-0.4, -0.2) is 43.0 Å². The van der Waals surface area contributed by atoms with Crippen LogP contribution in [0.2, 0.25) is 0 Å². The van der Waals surface area contributed by atoms with Crippen LogP contribution in [0.25, 0.3) is 11.1 Å². The fraction of sp³-hybridized carbons (Fsp3) is 0.231. The van der Waals surface area contributed by atoms with Crippen LogP contribution in [-0.2, 0) is 9.59 Å². The summed E-state index contributed by atoms with van der Waals surface area (Å²) in [6.07, 6.45) is 0. The number of hydrogen-bond acceptors (Lipinski definition) is 4. The molecule has 6 nitrogen and oxygen atoms in total. The van der Waals surface area contributed by atoms with Crippen molar-refractivity contribution in [3.63, 3.8) is 0 Å². The molecule has 0 radical (unpaired) electrons. The number of benzene rings is 3. The number of carbonyl (C=O) groups is 2. The zero-order valence-corrected chi connectivity index (χ0v) is 18.7. The highest BCUT2D eigenvalue weighted by molar-refractivity contribution is 5.99. The second kappa shape index (κ2) is 11.1. The molecule has 0 fully saturated rings. The van der Waals surface area contributed by atoms with Crippen LogP contribution in [0.3, 0.4) is 0 Å². The van der Waals surface area contributed by atoms with Gasteiger partial charge in [0.05, 0.1) is 19.7 Å². The molecule has 32 heavy (non-hydrogen) atoms. The van der Waals surface area contributed by atoms with Gasteiger partial charge in [-0.3, -0.25) is 14.5 Å². The van der Waals surface area contributed by atoms with Crippen LogP contribution >= 0.6 is 0 Å². The Morgan fingerprint density at radius 1 is 0.938 bits per heavy atom. The number of carbonyl (C=O) groups excluding carboxylic acids is 2. The van der Waals surface area contributed by atoms with E-state index in [1.54, 1.807) is 19.2 Å². The van der Waals surface area contributed by atoms with Gasteiger partial charge in [-0.1, -0.05) is 61.5 Å². The van der Waals surface area contributed by atoms with E-state index in [0.29, 0.717) is 18.0 Å². The first kappa shape index (κ1) is 23.0. The van der Waals surface area contributed by atoms with Gasteiger partial charge in [-0.25, -0.2) is 0 Å². The third-order valence-corrected chi connectivity index (χ3v) is 5.30. The molecule has 6 heteroatoms. The maximum absolute atomic E-state index is 13.0. The largest absolute Gasteiger partial charge is 0.497 e. The summed E-state index contributed by atoms with van der Waals surface area (Å²) in [6.45, 7) is 4.40. The molecule has 0 saturated carbocycles. The number of ether oxygens (including phenoxy) is 1. The lowest BCUT2D eigenvalue weighted by Crippen LogP contribution is -2.45. The van der Waals surface area contributed by atoms with Crippen molar-refractivity contribution in [3.8, 4) is 16.9 Å². The average Bonchev–Trinajstić information content (AvgIpc) is 2.83. The van der Waals surface area contributed by atoms with Gasteiger partial charge in [-0.15, -0.1) is 0 Å². The summed E-state index contributed by atoms with van der Waals surface area (Å²) < 4.78 is 5.19. The maximum Gasteiger partial charge on any atom is 0.241 e. The van der Waals surface area contributed by atoms with Gasteiger partial charge in [0, 0.05) is 23.0 Å². The molecule has 1 unspecified atom stereocenters. The number of rotatable bonds is 9. The predicted octanol–water partition coefficient (Wildman–Crippen LogP) is 4.65. The summed E-state index contributed by atoms with van der Waals surface area (Å²) >= 11 is 0. The molecule has 0 saturated heterocycles. The molecule has 2 amide bonds. The van der Waals surface area contributed by atoms with E-state index >= 15 is 0 Å². The summed E-state index contributed by atoms with van der Waals surface area (Å²) in [5, 5.41) is 5.90. The first-order chi connectivity index (χ1) is 15.5. The second-order valence-corrected chi connectivity index (χ2v) is 7.42. The number of likely N-dealkylation sites (N-methyl/N-ethyl adjacent to an activating group) is 1. The van der Waals surface area contributed by atoms with Crippen molar-refractivity contribution in [2.75, 3.05) is 30.8 Å². The highest BCUT2D eigenvalue weighted by Gasteiger charge is 2.23. The predicted molar refractivity (Wildman–Crippen MR) is 129 cm³/mol. The summed E-state index contributed by atoms with van der Waals surface area (Å²) in [5.74, 6) is 0.314. The lowest BCUT2D eigenvalue weighted by Gasteiger charge is -2.26. The van der Waals surface area contributed by atoms with Gasteiger partial charge in [-0.05, 0) is 37.2 Å². The first-order valence-corrected chi connectivity index (χ1v) is 10.6. The molecule has 3 aromatic rings. The van der Waals surface area contributed by atoms with Gasteiger partial charge >= 0.3 is 0 Å². The standard InChI is InChI=1S/C26H29N3O3/c1-4-29(18-25(30)27-21-13-10-14-22(17-21)32-3)19(2)26(31)28-24-16-9-8-15-23(24)20-11-6-5-7-12-20/h5-17,19H,4,18H2,1-3H3,(H,27,30)(H,28,31). The van der Waals surface area contributed by atoms with E-state index in [9.17, 15) is 9.59 Å². The molecule has 0 spiro atoms. The van der Waals surface area contributed by atoms with Crippen molar-refractivity contribution < 1.29 is 14.3 Å². The van der Waals surface area contributed by atoms with Crippen LogP contribution in [0.15, 0.2) is 78.9 Å². The monoisotopic (exact) mass is 431 g/mol. The van der Waals surface area contributed by atoms with Crippen molar-refractivity contribution in [2.24, 2.45) is 0 Å². The summed E-state index contributed by atoms with van der Waals surface area (Å²) in [7, 11) is 1.58. The van der Waals surface area contributed by atoms with Crippen LogP contribution in [0.4, 0.5) is 11.4 Å². The van der Waals surface area contributed by atoms with Gasteiger partial charge in [0.15, 0.2) is 0 Å². The molecule has 1 atom stereocenters. The minimum absolute atomic E-state index is 0.0998. The molecule has 0 aromatic heterocycles. The Morgan fingerprint density at radius 2 is 1.66 bits per heavy atom. The quantitative estimate of drug-likeness (QED) is 0.517. The maximum atomic E-state index is 13.0. The van der Waals surface area contributed by atoms with E-state index in [1.165, 1.54) is 0 Å². The topological polar surface area (TPSA) is 70.7 Å². The van der Waals surface area contributed by atoms with Crippen LogP contribution in [0, 0.1) is 0 Å². The molecular formula is C26H29N3O3. The van der Waals surface area contributed by atoms with Crippen molar-refractivity contribution in [3.05, 3.63) is 78.9 Å². The molecule has 0 aliphatic heterocycles. The molecule has 166 valence electrons. The molecule has 0 heterocycles. The van der Waals surface area contributed by atoms with Crippen LogP contribution < -0.4 is 15.4 Å². The molecule has 3 aromatic carbocycles. The average molecular weight is 432 g/mol. The van der Waals surface area contributed by atoms with Crippen molar-refractivity contribution >= 4 is 23.2 Å². The SMILES string of the molecule is CCN(CC(=O)Nc1cccc(OC)c1)C(C)C(=O)Nc1ccccc1-c1ccccc1. The summed E-state index contributed by atoms with van der Waals surface area (Å²) in [4.78, 5) is 27.4. The number of hydrogen-bond donors (Lipinski definition) is 2. The number of nitrogens with one attached hydrogen (secondary N) is 2. The van der Waals surface area contributed by atoms with E-state index in [0.717, 1.165) is 16.8 Å². The van der Waals surface area contributed by atoms with Gasteiger partial charge in [-0.2, -0.15) is 0 Å². The Bertz CT molecular complexity index is 1050. The Hall–Kier alpha value is -3.64. The normalized spacial score (nSPS) is 11.6. The number of para-hydroxylation sites is 1. The smallest absolute Gasteiger partial charge is 0.241 e. The van der Waals surface area contributed by atoms with Gasteiger partial charge in [0.1, 0.15) is 5.75 Å². The first-order valence-electron chi connectivity index (χ1n) is 10.6. The van der Waals surface area contributed by atoms with E-state index < -0.39 is 6.04 Å². The minimum atomic E-state index is -0.486. The number of nitrogens with zero attached hydrogens (tertiary/aromatic N) is 1. The zero-order valence-electron chi connectivity index (χ0n) is 18.7. The third-order valence-electron chi connectivity index (χ3n) is 5.30. The van der Waals surface area contributed by atoms with Gasteiger partial charge < -0.3 is 15.4 Å². The van der Waals surface area contributed by atoms with E-state index in [-0.39, 0.29) is 18.4 Å². The molecule has 2 N–H and O–H groups in total. The number of anilines is 2. The number of amides is 2. The lowest BCUT2D eigenvalue weighted by atomic mass is 10.0. The van der Waals surface area contributed by atoms with Crippen molar-refractivity contribution in [2.45, 2.75) is 19.9 Å². The lowest BCUT2D eigenvalue weighted by molar-refractivity contribution is -0.123. The zero-order chi connectivity index (χ0) is 22.9.